The summed E-state index contributed by atoms with van der Waals surface area (Å²) in [6.45, 7) is 1.38. The molecule has 1 atom stereocenters. The minimum Gasteiger partial charge on any atom is -0.497 e. The largest absolute Gasteiger partial charge is 0.497 e. The van der Waals surface area contributed by atoms with E-state index < -0.39 is 12.0 Å². The Hall–Kier alpha value is -2.81. The van der Waals surface area contributed by atoms with Gasteiger partial charge in [-0.3, -0.25) is 10.0 Å². The van der Waals surface area contributed by atoms with Gasteiger partial charge in [-0.05, 0) is 29.3 Å². The van der Waals surface area contributed by atoms with E-state index in [9.17, 15) is 15.1 Å². The van der Waals surface area contributed by atoms with Gasteiger partial charge in [0.25, 0.3) is 0 Å². The van der Waals surface area contributed by atoms with Gasteiger partial charge in [-0.2, -0.15) is 0 Å². The average molecular weight is 325 g/mol. The van der Waals surface area contributed by atoms with Crippen molar-refractivity contribution in [1.29, 1.82) is 0 Å². The van der Waals surface area contributed by atoms with E-state index in [0.29, 0.717) is 16.4 Å². The first kappa shape index (κ1) is 17.5. The molecule has 1 unspecified atom stereocenters. The molecule has 2 N–H and O–H groups in total. The second-order valence-electron chi connectivity index (χ2n) is 5.22. The maximum Gasteiger partial charge on any atom is 0.243 e. The van der Waals surface area contributed by atoms with Crippen LogP contribution in [0.3, 0.4) is 0 Å². The Labute approximate surface area is 141 Å². The Balaban J connectivity index is 2.06. The molecule has 24 heavy (non-hydrogen) atoms. The summed E-state index contributed by atoms with van der Waals surface area (Å²) in [6, 6.07) is 14.2. The quantitative estimate of drug-likeness (QED) is 0.515. The fraction of sp³-hybridized carbons (Fsp3) is 0.211. The first-order chi connectivity index (χ1) is 11.5. The number of hydrogen-bond acceptors (Lipinski definition) is 4. The van der Waals surface area contributed by atoms with Gasteiger partial charge in [0, 0.05) is 12.5 Å². The number of carbonyl (C=O) groups excluding carboxylic acids is 1. The molecule has 0 fully saturated rings. The molecule has 2 aromatic carbocycles. The molecule has 0 saturated heterocycles. The third kappa shape index (κ3) is 4.85. The van der Waals surface area contributed by atoms with Crippen molar-refractivity contribution in [2.75, 3.05) is 7.11 Å². The molecule has 2 rings (SSSR count). The molecule has 0 heterocycles. The van der Waals surface area contributed by atoms with Gasteiger partial charge in [-0.25, -0.2) is 5.06 Å². The van der Waals surface area contributed by atoms with E-state index in [-0.39, 0.29) is 6.54 Å². The van der Waals surface area contributed by atoms with Crippen LogP contribution < -0.4 is 4.74 Å². The van der Waals surface area contributed by atoms with Crippen molar-refractivity contribution in [2.24, 2.45) is 0 Å². The third-order valence-corrected chi connectivity index (χ3v) is 3.41. The molecular weight excluding hydrogens is 306 g/mol. The molecule has 0 aromatic heterocycles. The van der Waals surface area contributed by atoms with E-state index >= 15 is 0 Å². The molecule has 0 aliphatic carbocycles. The molecule has 5 heteroatoms. The van der Waals surface area contributed by atoms with Crippen LogP contribution in [0.4, 0.5) is 0 Å². The number of hydroxylamine groups is 2. The van der Waals surface area contributed by atoms with Gasteiger partial charge in [-0.15, -0.1) is 0 Å². The molecule has 5 nitrogen and oxygen atoms in total. The normalized spacial score (nSPS) is 11.2. The Kier molecular flexibility index (Phi) is 5.96. The van der Waals surface area contributed by atoms with Crippen molar-refractivity contribution >= 4 is 5.91 Å². The first-order valence-corrected chi connectivity index (χ1v) is 7.39. The molecule has 1 amide bonds. The third-order valence-electron chi connectivity index (χ3n) is 3.41. The highest BCUT2D eigenvalue weighted by molar-refractivity contribution is 5.71. The minimum absolute atomic E-state index is 0.0984. The number of aliphatic hydroxyl groups is 1. The maximum absolute atomic E-state index is 11.0. The van der Waals surface area contributed by atoms with Crippen LogP contribution in [0.1, 0.15) is 29.7 Å². The Morgan fingerprint density at radius 2 is 1.96 bits per heavy atom. The van der Waals surface area contributed by atoms with Crippen LogP contribution in [0, 0.1) is 11.8 Å². The highest BCUT2D eigenvalue weighted by Crippen LogP contribution is 2.15. The second-order valence-corrected chi connectivity index (χ2v) is 5.22. The van der Waals surface area contributed by atoms with Gasteiger partial charge in [0.05, 0.1) is 13.7 Å². The summed E-state index contributed by atoms with van der Waals surface area (Å²) in [7, 11) is 1.59. The summed E-state index contributed by atoms with van der Waals surface area (Å²) in [4.78, 5) is 11.0. The molecule has 0 radical (unpaired) electrons. The topological polar surface area (TPSA) is 70.0 Å². The van der Waals surface area contributed by atoms with Crippen molar-refractivity contribution < 1.29 is 19.8 Å². The van der Waals surface area contributed by atoms with Gasteiger partial charge >= 0.3 is 0 Å². The van der Waals surface area contributed by atoms with Crippen LogP contribution in [0.2, 0.25) is 0 Å². The van der Waals surface area contributed by atoms with Crippen LogP contribution in [-0.2, 0) is 11.3 Å². The molecule has 2 aromatic rings. The number of amides is 1. The minimum atomic E-state index is -0.928. The molecule has 0 aliphatic heterocycles. The molecule has 0 saturated carbocycles. The van der Waals surface area contributed by atoms with Gasteiger partial charge in [-0.1, -0.05) is 42.2 Å². The van der Waals surface area contributed by atoms with Crippen molar-refractivity contribution in [3.8, 4) is 17.6 Å². The summed E-state index contributed by atoms with van der Waals surface area (Å²) in [5.74, 6) is 5.97. The number of benzene rings is 2. The van der Waals surface area contributed by atoms with Gasteiger partial charge < -0.3 is 9.84 Å². The number of ether oxygens (including phenoxy) is 1. The van der Waals surface area contributed by atoms with Crippen molar-refractivity contribution in [2.45, 2.75) is 19.6 Å². The highest BCUT2D eigenvalue weighted by Gasteiger charge is 2.07. The zero-order valence-corrected chi connectivity index (χ0v) is 13.6. The zero-order chi connectivity index (χ0) is 17.5. The van der Waals surface area contributed by atoms with Crippen LogP contribution in [0.25, 0.3) is 0 Å². The van der Waals surface area contributed by atoms with E-state index in [4.69, 9.17) is 4.74 Å². The molecular formula is C19H19NO4. The van der Waals surface area contributed by atoms with Crippen LogP contribution in [0.15, 0.2) is 48.5 Å². The van der Waals surface area contributed by atoms with Gasteiger partial charge in [0.15, 0.2) is 0 Å². The number of aliphatic hydroxyl groups excluding tert-OH is 1. The SMILES string of the molecule is COc1cccc(C#CC(O)c2ccc(CN(O)C(C)=O)cc2)c1. The standard InChI is InChI=1S/C19H19NO4/c1-14(21)20(23)13-16-6-9-17(10-7-16)19(22)11-8-15-4-3-5-18(12-15)24-2/h3-7,9-10,12,19,22-23H,13H2,1-2H3. The predicted molar refractivity (Wildman–Crippen MR) is 89.3 cm³/mol. The van der Waals surface area contributed by atoms with Crippen LogP contribution in [-0.4, -0.2) is 28.4 Å². The monoisotopic (exact) mass is 325 g/mol. The molecule has 124 valence electrons. The molecule has 0 aliphatic rings. The lowest BCUT2D eigenvalue weighted by atomic mass is 10.1. The highest BCUT2D eigenvalue weighted by atomic mass is 16.5. The summed E-state index contributed by atoms with van der Waals surface area (Å²) in [6.07, 6.45) is -0.928. The predicted octanol–water partition coefficient (Wildman–Crippen LogP) is 2.52. The lowest BCUT2D eigenvalue weighted by molar-refractivity contribution is -0.165. The molecule has 0 bridgehead atoms. The smallest absolute Gasteiger partial charge is 0.243 e. The van der Waals surface area contributed by atoms with Gasteiger partial charge in [0.1, 0.15) is 11.9 Å². The summed E-state index contributed by atoms with van der Waals surface area (Å²) in [5.41, 5.74) is 2.15. The Bertz CT molecular complexity index is 759. The summed E-state index contributed by atoms with van der Waals surface area (Å²) in [5, 5.41) is 20.2. The lowest BCUT2D eigenvalue weighted by Crippen LogP contribution is -2.23. The van der Waals surface area contributed by atoms with Crippen molar-refractivity contribution in [3.63, 3.8) is 0 Å². The number of rotatable bonds is 4. The van der Waals surface area contributed by atoms with E-state index in [1.54, 1.807) is 37.4 Å². The van der Waals surface area contributed by atoms with Crippen molar-refractivity contribution in [3.05, 3.63) is 65.2 Å². The first-order valence-electron chi connectivity index (χ1n) is 7.39. The summed E-state index contributed by atoms with van der Waals surface area (Å²) >= 11 is 0. The second kappa shape index (κ2) is 8.16. The lowest BCUT2D eigenvalue weighted by Gasteiger charge is -2.13. The number of hydrogen-bond donors (Lipinski definition) is 2. The number of methoxy groups -OCH3 is 1. The fourth-order valence-corrected chi connectivity index (χ4v) is 2.03. The Morgan fingerprint density at radius 3 is 2.58 bits per heavy atom. The van der Waals surface area contributed by atoms with Crippen molar-refractivity contribution in [1.82, 2.24) is 5.06 Å². The maximum atomic E-state index is 11.0. The Morgan fingerprint density at radius 1 is 1.25 bits per heavy atom. The number of carbonyl (C=O) groups is 1. The van der Waals surface area contributed by atoms with E-state index in [1.165, 1.54) is 6.92 Å². The van der Waals surface area contributed by atoms with Crippen LogP contribution >= 0.6 is 0 Å². The van der Waals surface area contributed by atoms with Crippen LogP contribution in [0.5, 0.6) is 5.75 Å². The average Bonchev–Trinajstić information content (AvgIpc) is 2.60. The van der Waals surface area contributed by atoms with Gasteiger partial charge in [0.2, 0.25) is 5.91 Å². The number of nitrogens with zero attached hydrogens (tertiary/aromatic N) is 1. The van der Waals surface area contributed by atoms with E-state index in [0.717, 1.165) is 11.1 Å². The molecule has 0 spiro atoms. The summed E-state index contributed by atoms with van der Waals surface area (Å²) < 4.78 is 5.13. The van der Waals surface area contributed by atoms with E-state index in [2.05, 4.69) is 11.8 Å². The fourth-order valence-electron chi connectivity index (χ4n) is 2.03. The zero-order valence-electron chi connectivity index (χ0n) is 13.6. The van der Waals surface area contributed by atoms with E-state index in [1.807, 2.05) is 18.2 Å².